The van der Waals surface area contributed by atoms with E-state index in [1.165, 1.54) is 24.2 Å². The summed E-state index contributed by atoms with van der Waals surface area (Å²) < 4.78 is 0. The first-order valence-electron chi connectivity index (χ1n) is 10.1. The van der Waals surface area contributed by atoms with Gasteiger partial charge < -0.3 is 10.2 Å². The summed E-state index contributed by atoms with van der Waals surface area (Å²) in [4.78, 5) is 34.9. The lowest BCUT2D eigenvalue weighted by Gasteiger charge is -2.20. The predicted molar refractivity (Wildman–Crippen MR) is 118 cm³/mol. The maximum Gasteiger partial charge on any atom is 0.239 e. The van der Waals surface area contributed by atoms with Crippen molar-refractivity contribution in [1.29, 1.82) is 0 Å². The molecule has 1 fully saturated rings. The highest BCUT2D eigenvalue weighted by Crippen LogP contribution is 2.25. The summed E-state index contributed by atoms with van der Waals surface area (Å²) in [5.41, 5.74) is 1.31. The third-order valence-corrected chi connectivity index (χ3v) is 5.74. The molecule has 30 heavy (non-hydrogen) atoms. The topological polar surface area (TPSA) is 87.1 Å². The van der Waals surface area contributed by atoms with Crippen molar-refractivity contribution in [3.63, 3.8) is 0 Å². The van der Waals surface area contributed by atoms with Gasteiger partial charge in [-0.2, -0.15) is 0 Å². The Morgan fingerprint density at radius 2 is 2.03 bits per heavy atom. The minimum absolute atomic E-state index is 0.102. The first kappa shape index (κ1) is 20.5. The zero-order valence-electron chi connectivity index (χ0n) is 17.0. The normalized spacial score (nSPS) is 14.3. The average molecular weight is 424 g/mol. The Morgan fingerprint density at radius 1 is 1.17 bits per heavy atom. The van der Waals surface area contributed by atoms with E-state index >= 15 is 0 Å². The van der Waals surface area contributed by atoms with Crippen molar-refractivity contribution in [2.24, 2.45) is 0 Å². The number of likely N-dealkylation sites (N-methyl/N-ethyl adjacent to an activating group) is 1. The Morgan fingerprint density at radius 3 is 2.77 bits per heavy atom. The molecular weight excluding hydrogens is 398 g/mol. The summed E-state index contributed by atoms with van der Waals surface area (Å²) in [6.07, 6.45) is 5.98. The summed E-state index contributed by atoms with van der Waals surface area (Å²) in [5.74, 6) is 0.810. The molecule has 9 heteroatoms. The monoisotopic (exact) mass is 423 g/mol. The van der Waals surface area contributed by atoms with Crippen molar-refractivity contribution in [1.82, 2.24) is 29.7 Å². The number of thiazole rings is 1. The van der Waals surface area contributed by atoms with Crippen LogP contribution < -0.4 is 5.32 Å². The fourth-order valence-electron chi connectivity index (χ4n) is 3.41. The van der Waals surface area contributed by atoms with Gasteiger partial charge in [0.05, 0.1) is 6.54 Å². The van der Waals surface area contributed by atoms with Gasteiger partial charge in [-0.15, -0.1) is 11.3 Å². The molecule has 3 aromatic heterocycles. The minimum atomic E-state index is -0.102. The number of carbonyl (C=O) groups excluding carboxylic acids is 1. The van der Waals surface area contributed by atoms with Gasteiger partial charge in [0.1, 0.15) is 22.2 Å². The number of hydrogen-bond acceptors (Lipinski definition) is 8. The molecule has 1 aliphatic heterocycles. The van der Waals surface area contributed by atoms with Gasteiger partial charge in [-0.3, -0.25) is 14.7 Å². The number of nitrogens with one attached hydrogen (secondary N) is 1. The molecular formula is C21H25N7OS. The maximum absolute atomic E-state index is 12.6. The quantitative estimate of drug-likeness (QED) is 0.596. The summed E-state index contributed by atoms with van der Waals surface area (Å²) in [6.45, 7) is 4.49. The predicted octanol–water partition coefficient (Wildman–Crippen LogP) is 2.63. The fourth-order valence-corrected chi connectivity index (χ4v) is 4.00. The number of carbonyl (C=O) groups is 1. The molecule has 4 heterocycles. The highest BCUT2D eigenvalue weighted by Gasteiger charge is 2.15. The van der Waals surface area contributed by atoms with Gasteiger partial charge in [0, 0.05) is 36.9 Å². The second kappa shape index (κ2) is 9.84. The van der Waals surface area contributed by atoms with Crippen LogP contribution in [0.4, 0.5) is 5.82 Å². The molecule has 0 radical (unpaired) electrons. The van der Waals surface area contributed by atoms with Crippen LogP contribution in [0.5, 0.6) is 0 Å². The lowest BCUT2D eigenvalue weighted by Crippen LogP contribution is -2.36. The highest BCUT2D eigenvalue weighted by molar-refractivity contribution is 7.13. The lowest BCUT2D eigenvalue weighted by molar-refractivity contribution is -0.117. The van der Waals surface area contributed by atoms with Crippen LogP contribution in [-0.4, -0.2) is 75.4 Å². The number of aromatic nitrogens is 4. The summed E-state index contributed by atoms with van der Waals surface area (Å²) in [5, 5.41) is 5.58. The van der Waals surface area contributed by atoms with E-state index in [2.05, 4.69) is 30.2 Å². The van der Waals surface area contributed by atoms with Crippen LogP contribution >= 0.6 is 11.3 Å². The van der Waals surface area contributed by atoms with E-state index in [4.69, 9.17) is 0 Å². The second-order valence-corrected chi connectivity index (χ2v) is 8.24. The van der Waals surface area contributed by atoms with E-state index in [1.807, 2.05) is 35.5 Å². The van der Waals surface area contributed by atoms with Crippen molar-refractivity contribution in [3.05, 3.63) is 42.0 Å². The molecule has 1 N–H and O–H groups in total. The number of amides is 1. The molecule has 156 valence electrons. The molecule has 0 saturated carbocycles. The summed E-state index contributed by atoms with van der Waals surface area (Å²) in [7, 11) is 1.97. The van der Waals surface area contributed by atoms with Crippen molar-refractivity contribution in [2.45, 2.75) is 12.8 Å². The smallest absolute Gasteiger partial charge is 0.239 e. The van der Waals surface area contributed by atoms with Crippen LogP contribution in [0.25, 0.3) is 22.2 Å². The molecule has 4 rings (SSSR count). The maximum atomic E-state index is 12.6. The van der Waals surface area contributed by atoms with Crippen LogP contribution in [-0.2, 0) is 4.79 Å². The molecule has 0 atom stereocenters. The van der Waals surface area contributed by atoms with Crippen LogP contribution in [0.1, 0.15) is 12.8 Å². The van der Waals surface area contributed by atoms with Gasteiger partial charge in [-0.25, -0.2) is 15.0 Å². The van der Waals surface area contributed by atoms with E-state index in [1.54, 1.807) is 18.5 Å². The largest absolute Gasteiger partial charge is 0.309 e. The summed E-state index contributed by atoms with van der Waals surface area (Å²) >= 11 is 1.49. The Kier molecular flexibility index (Phi) is 6.73. The molecule has 1 amide bonds. The third kappa shape index (κ3) is 5.44. The van der Waals surface area contributed by atoms with Crippen LogP contribution in [0.15, 0.2) is 42.0 Å². The fraction of sp³-hybridized carbons (Fsp3) is 0.381. The number of hydrogen-bond donors (Lipinski definition) is 1. The van der Waals surface area contributed by atoms with E-state index in [0.29, 0.717) is 29.6 Å². The second-order valence-electron chi connectivity index (χ2n) is 7.35. The number of nitrogens with zero attached hydrogens (tertiary/aromatic N) is 6. The van der Waals surface area contributed by atoms with E-state index in [9.17, 15) is 4.79 Å². The van der Waals surface area contributed by atoms with Crippen molar-refractivity contribution in [3.8, 4) is 22.2 Å². The number of anilines is 1. The van der Waals surface area contributed by atoms with Crippen LogP contribution in [0, 0.1) is 0 Å². The van der Waals surface area contributed by atoms with Gasteiger partial charge in [0.15, 0.2) is 5.82 Å². The number of rotatable bonds is 8. The number of pyridine rings is 1. The Hall–Kier alpha value is -2.75. The Bertz CT molecular complexity index is 959. The minimum Gasteiger partial charge on any atom is -0.309 e. The van der Waals surface area contributed by atoms with E-state index in [0.717, 1.165) is 31.2 Å². The van der Waals surface area contributed by atoms with Gasteiger partial charge in [0.25, 0.3) is 0 Å². The zero-order valence-corrected chi connectivity index (χ0v) is 17.8. The molecule has 1 aliphatic rings. The third-order valence-electron chi connectivity index (χ3n) is 4.95. The lowest BCUT2D eigenvalue weighted by atomic mass is 10.3. The number of likely N-dealkylation sites (tertiary alicyclic amines) is 1. The standard InChI is InChI=1S/C21H25N7OS/c1-27(11-12-28-9-4-5-10-28)15-19(29)25-18-14-17(21-23-8-13-30-21)24-20(26-18)16-6-2-3-7-22-16/h2-3,6-8,13-14H,4-5,9-12,15H2,1H3,(H,24,25,26,29). The molecule has 1 saturated heterocycles. The molecule has 0 aliphatic carbocycles. The highest BCUT2D eigenvalue weighted by atomic mass is 32.1. The summed E-state index contributed by atoms with van der Waals surface area (Å²) in [6, 6.07) is 7.33. The molecule has 0 aromatic carbocycles. The van der Waals surface area contributed by atoms with Crippen LogP contribution in [0.2, 0.25) is 0 Å². The Labute approximate surface area is 180 Å². The van der Waals surface area contributed by atoms with Crippen LogP contribution in [0.3, 0.4) is 0 Å². The Balaban J connectivity index is 1.45. The van der Waals surface area contributed by atoms with Gasteiger partial charge >= 0.3 is 0 Å². The van der Waals surface area contributed by atoms with Gasteiger partial charge in [-0.1, -0.05) is 6.07 Å². The van der Waals surface area contributed by atoms with Crippen molar-refractivity contribution >= 4 is 23.1 Å². The SMILES string of the molecule is CN(CCN1CCCC1)CC(=O)Nc1cc(-c2nccs2)nc(-c2ccccn2)n1. The molecule has 8 nitrogen and oxygen atoms in total. The first-order chi connectivity index (χ1) is 14.7. The average Bonchev–Trinajstić information content (AvgIpc) is 3.47. The van der Waals surface area contributed by atoms with Gasteiger partial charge in [-0.05, 0) is 45.1 Å². The van der Waals surface area contributed by atoms with Crippen molar-refractivity contribution < 1.29 is 4.79 Å². The van der Waals surface area contributed by atoms with Crippen molar-refractivity contribution in [2.75, 3.05) is 45.1 Å². The molecule has 0 spiro atoms. The zero-order chi connectivity index (χ0) is 20.8. The molecule has 0 bridgehead atoms. The molecule has 0 unspecified atom stereocenters. The first-order valence-corrected chi connectivity index (χ1v) is 11.0. The van der Waals surface area contributed by atoms with Gasteiger partial charge in [0.2, 0.25) is 5.91 Å². The van der Waals surface area contributed by atoms with E-state index in [-0.39, 0.29) is 5.91 Å². The van der Waals surface area contributed by atoms with E-state index < -0.39 is 0 Å². The molecule has 3 aromatic rings.